The molecule has 0 aliphatic carbocycles. The molecule has 0 fully saturated rings. The van der Waals surface area contributed by atoms with Gasteiger partial charge in [-0.25, -0.2) is 0 Å². The first-order valence-electron chi connectivity index (χ1n) is 7.39. The summed E-state index contributed by atoms with van der Waals surface area (Å²) < 4.78 is 12.5. The van der Waals surface area contributed by atoms with E-state index in [1.54, 1.807) is 17.9 Å². The van der Waals surface area contributed by atoms with Gasteiger partial charge in [-0.3, -0.25) is 9.59 Å². The maximum absolute atomic E-state index is 12.3. The Morgan fingerprint density at radius 3 is 2.74 bits per heavy atom. The zero-order valence-corrected chi connectivity index (χ0v) is 12.8. The quantitative estimate of drug-likeness (QED) is 0.900. The van der Waals surface area contributed by atoms with E-state index in [9.17, 15) is 9.59 Å². The Balaban J connectivity index is 1.88. The Morgan fingerprint density at radius 1 is 1.22 bits per heavy atom. The molecule has 2 heterocycles. The number of carbonyl (C=O) groups excluding carboxylic acids is 1. The van der Waals surface area contributed by atoms with Crippen LogP contribution in [0.5, 0.6) is 5.75 Å². The second-order valence-corrected chi connectivity index (χ2v) is 5.41. The van der Waals surface area contributed by atoms with E-state index in [0.717, 1.165) is 5.56 Å². The van der Waals surface area contributed by atoms with Crippen LogP contribution >= 0.6 is 0 Å². The monoisotopic (exact) mass is 314 g/mol. The molecule has 0 spiro atoms. The van der Waals surface area contributed by atoms with Crippen LogP contribution in [-0.4, -0.2) is 30.2 Å². The number of amides is 1. The van der Waals surface area contributed by atoms with Crippen molar-refractivity contribution >= 4 is 5.91 Å². The Morgan fingerprint density at radius 2 is 2.00 bits per heavy atom. The predicted octanol–water partition coefficient (Wildman–Crippen LogP) is 1.19. The summed E-state index contributed by atoms with van der Waals surface area (Å²) in [7, 11) is 1.58. The first kappa shape index (κ1) is 15.3. The van der Waals surface area contributed by atoms with Crippen LogP contribution in [0.4, 0.5) is 0 Å². The standard InChI is InChI=1S/C17H18N2O4/c1-22-11-13-9-19-8-7-14(20)16(15(19)17(21)18-13)23-10-12-5-3-2-4-6-12/h2-8,13H,9-11H2,1H3,(H,18,21)/t13-/m0/s1. The molecule has 6 heteroatoms. The van der Waals surface area contributed by atoms with E-state index < -0.39 is 0 Å². The van der Waals surface area contributed by atoms with E-state index in [1.165, 1.54) is 6.07 Å². The van der Waals surface area contributed by atoms with Gasteiger partial charge < -0.3 is 19.4 Å². The van der Waals surface area contributed by atoms with Crippen LogP contribution in [-0.2, 0) is 17.9 Å². The molecule has 1 aliphatic rings. The van der Waals surface area contributed by atoms with Gasteiger partial charge in [0.1, 0.15) is 6.61 Å². The molecule has 1 aromatic heterocycles. The van der Waals surface area contributed by atoms with Gasteiger partial charge in [0.05, 0.1) is 12.6 Å². The number of carbonyl (C=O) groups is 1. The van der Waals surface area contributed by atoms with E-state index >= 15 is 0 Å². The highest BCUT2D eigenvalue weighted by atomic mass is 16.5. The van der Waals surface area contributed by atoms with Crippen molar-refractivity contribution in [1.29, 1.82) is 0 Å². The van der Waals surface area contributed by atoms with Gasteiger partial charge in [0.2, 0.25) is 5.43 Å². The third-order valence-corrected chi connectivity index (χ3v) is 3.69. The van der Waals surface area contributed by atoms with Crippen molar-refractivity contribution in [2.24, 2.45) is 0 Å². The summed E-state index contributed by atoms with van der Waals surface area (Å²) in [6.45, 7) is 1.19. The fourth-order valence-electron chi connectivity index (χ4n) is 2.64. The molecule has 23 heavy (non-hydrogen) atoms. The Kier molecular flexibility index (Phi) is 4.43. The van der Waals surface area contributed by atoms with Gasteiger partial charge in [-0.05, 0) is 5.56 Å². The van der Waals surface area contributed by atoms with Crippen molar-refractivity contribution in [3.8, 4) is 5.75 Å². The topological polar surface area (TPSA) is 69.6 Å². The molecule has 3 rings (SSSR count). The van der Waals surface area contributed by atoms with Crippen LogP contribution in [0.15, 0.2) is 47.4 Å². The smallest absolute Gasteiger partial charge is 0.272 e. The van der Waals surface area contributed by atoms with Crippen molar-refractivity contribution < 1.29 is 14.3 Å². The number of ether oxygens (including phenoxy) is 2. The largest absolute Gasteiger partial charge is 0.483 e. The maximum Gasteiger partial charge on any atom is 0.272 e. The van der Waals surface area contributed by atoms with E-state index in [0.29, 0.717) is 13.2 Å². The van der Waals surface area contributed by atoms with Crippen molar-refractivity contribution in [2.75, 3.05) is 13.7 Å². The van der Waals surface area contributed by atoms with Crippen LogP contribution in [0.25, 0.3) is 0 Å². The number of pyridine rings is 1. The lowest BCUT2D eigenvalue weighted by molar-refractivity contribution is 0.0830. The van der Waals surface area contributed by atoms with Crippen LogP contribution < -0.4 is 15.5 Å². The molecule has 0 saturated heterocycles. The van der Waals surface area contributed by atoms with Gasteiger partial charge in [-0.1, -0.05) is 30.3 Å². The fraction of sp³-hybridized carbons (Fsp3) is 0.294. The van der Waals surface area contributed by atoms with Crippen molar-refractivity contribution in [2.45, 2.75) is 19.2 Å². The van der Waals surface area contributed by atoms with Gasteiger partial charge >= 0.3 is 0 Å². The minimum absolute atomic E-state index is 0.0877. The average Bonchev–Trinajstić information content (AvgIpc) is 2.55. The molecular weight excluding hydrogens is 296 g/mol. The minimum atomic E-state index is -0.320. The number of fused-ring (bicyclic) bond motifs is 1. The van der Waals surface area contributed by atoms with Gasteiger partial charge in [-0.15, -0.1) is 0 Å². The summed E-state index contributed by atoms with van der Waals surface area (Å²) in [5, 5.41) is 2.84. The third-order valence-electron chi connectivity index (χ3n) is 3.69. The highest BCUT2D eigenvalue weighted by Crippen LogP contribution is 2.19. The predicted molar refractivity (Wildman–Crippen MR) is 84.6 cm³/mol. The van der Waals surface area contributed by atoms with E-state index in [4.69, 9.17) is 9.47 Å². The summed E-state index contributed by atoms with van der Waals surface area (Å²) in [6.07, 6.45) is 1.62. The van der Waals surface area contributed by atoms with Crippen LogP contribution in [0, 0.1) is 0 Å². The average molecular weight is 314 g/mol. The molecule has 0 radical (unpaired) electrons. The Bertz CT molecular complexity index is 755. The second-order valence-electron chi connectivity index (χ2n) is 5.41. The summed E-state index contributed by atoms with van der Waals surface area (Å²) >= 11 is 0. The van der Waals surface area contributed by atoms with Gasteiger partial charge in [0.25, 0.3) is 5.91 Å². The van der Waals surface area contributed by atoms with Crippen molar-refractivity contribution in [3.05, 3.63) is 64.1 Å². The lowest BCUT2D eigenvalue weighted by atomic mass is 10.1. The molecule has 0 saturated carbocycles. The SMILES string of the molecule is COC[C@@H]1Cn2ccc(=O)c(OCc3ccccc3)c2C(=O)N1. The summed E-state index contributed by atoms with van der Waals surface area (Å²) in [5.41, 5.74) is 0.899. The van der Waals surface area contributed by atoms with Crippen LogP contribution in [0.3, 0.4) is 0 Å². The number of rotatable bonds is 5. The van der Waals surface area contributed by atoms with Crippen molar-refractivity contribution in [3.63, 3.8) is 0 Å². The van der Waals surface area contributed by atoms with E-state index in [2.05, 4.69) is 5.32 Å². The number of hydrogen-bond acceptors (Lipinski definition) is 4. The van der Waals surface area contributed by atoms with Crippen molar-refractivity contribution in [1.82, 2.24) is 9.88 Å². The molecule has 2 aromatic rings. The maximum atomic E-state index is 12.3. The van der Waals surface area contributed by atoms with Crippen LogP contribution in [0.1, 0.15) is 16.1 Å². The summed E-state index contributed by atoms with van der Waals surface area (Å²) in [6, 6.07) is 10.8. The Labute approximate surface area is 133 Å². The normalized spacial score (nSPS) is 16.6. The lowest BCUT2D eigenvalue weighted by Gasteiger charge is -2.28. The van der Waals surface area contributed by atoms with Crippen LogP contribution in [0.2, 0.25) is 0 Å². The second kappa shape index (κ2) is 6.66. The molecule has 6 nitrogen and oxygen atoms in total. The molecule has 1 aromatic carbocycles. The molecule has 1 aliphatic heterocycles. The number of aromatic nitrogens is 1. The molecule has 1 atom stereocenters. The molecule has 0 unspecified atom stereocenters. The van der Waals surface area contributed by atoms with E-state index in [1.807, 2.05) is 30.3 Å². The Hall–Kier alpha value is -2.60. The highest BCUT2D eigenvalue weighted by Gasteiger charge is 2.28. The number of hydrogen-bond donors (Lipinski definition) is 1. The first-order chi connectivity index (χ1) is 11.2. The molecule has 120 valence electrons. The zero-order chi connectivity index (χ0) is 16.2. The highest BCUT2D eigenvalue weighted by molar-refractivity contribution is 5.96. The number of methoxy groups -OCH3 is 1. The molecule has 1 amide bonds. The molecular formula is C17H18N2O4. The number of benzene rings is 1. The third kappa shape index (κ3) is 3.27. The van der Waals surface area contributed by atoms with Gasteiger partial charge in [0.15, 0.2) is 11.4 Å². The fourth-order valence-corrected chi connectivity index (χ4v) is 2.64. The molecule has 0 bridgehead atoms. The number of nitrogens with one attached hydrogen (secondary N) is 1. The summed E-state index contributed by atoms with van der Waals surface area (Å²) in [4.78, 5) is 24.5. The number of nitrogens with zero attached hydrogens (tertiary/aromatic N) is 1. The first-order valence-corrected chi connectivity index (χ1v) is 7.39. The zero-order valence-electron chi connectivity index (χ0n) is 12.8. The van der Waals surface area contributed by atoms with E-state index in [-0.39, 0.29) is 35.4 Å². The minimum Gasteiger partial charge on any atom is -0.483 e. The van der Waals surface area contributed by atoms with Gasteiger partial charge in [-0.2, -0.15) is 0 Å². The van der Waals surface area contributed by atoms with Gasteiger partial charge in [0, 0.05) is 25.9 Å². The lowest BCUT2D eigenvalue weighted by Crippen LogP contribution is -2.47. The molecule has 1 N–H and O–H groups in total. The summed E-state index contributed by atoms with van der Waals surface area (Å²) in [5.74, 6) is -0.233.